The van der Waals surface area contributed by atoms with Gasteiger partial charge in [0.2, 0.25) is 11.7 Å². The van der Waals surface area contributed by atoms with Gasteiger partial charge in [0, 0.05) is 31.4 Å². The molecule has 1 atom stereocenters. The number of rotatable bonds is 6. The van der Waals surface area contributed by atoms with Gasteiger partial charge in [-0.2, -0.15) is 0 Å². The molecule has 1 unspecified atom stereocenters. The summed E-state index contributed by atoms with van der Waals surface area (Å²) in [5, 5.41) is 7.40. The first-order valence-corrected chi connectivity index (χ1v) is 11.0. The number of hydrogen-bond acceptors (Lipinski definition) is 5. The van der Waals surface area contributed by atoms with E-state index in [0.29, 0.717) is 11.3 Å². The molecule has 0 saturated carbocycles. The Morgan fingerprint density at radius 3 is 2.50 bits per heavy atom. The number of para-hydroxylation sites is 1. The van der Waals surface area contributed by atoms with Crippen molar-refractivity contribution in [1.29, 1.82) is 0 Å². The van der Waals surface area contributed by atoms with E-state index in [1.165, 1.54) is 33.0 Å². The van der Waals surface area contributed by atoms with Crippen LogP contribution in [0.1, 0.15) is 30.6 Å². The Balaban J connectivity index is 1.81. The van der Waals surface area contributed by atoms with Crippen LogP contribution >= 0.6 is 0 Å². The molecule has 1 N–H and O–H groups in total. The van der Waals surface area contributed by atoms with Gasteiger partial charge in [-0.05, 0) is 43.7 Å². The summed E-state index contributed by atoms with van der Waals surface area (Å²) in [5.41, 5.74) is 0.321. The molecule has 0 bridgehead atoms. The minimum absolute atomic E-state index is 0.0232. The van der Waals surface area contributed by atoms with Crippen LogP contribution in [0.5, 0.6) is 0 Å². The first kappa shape index (κ1) is 23.0. The van der Waals surface area contributed by atoms with Crippen molar-refractivity contribution in [1.82, 2.24) is 24.1 Å². The lowest BCUT2D eigenvalue weighted by Crippen LogP contribution is -2.34. The Labute approximate surface area is 195 Å². The van der Waals surface area contributed by atoms with E-state index in [2.05, 4.69) is 10.4 Å². The van der Waals surface area contributed by atoms with Gasteiger partial charge in [0.25, 0.3) is 11.5 Å². The summed E-state index contributed by atoms with van der Waals surface area (Å²) in [4.78, 5) is 53.1. The van der Waals surface area contributed by atoms with Crippen LogP contribution < -0.4 is 21.5 Å². The molecular weight excluding hydrogens is 436 g/mol. The van der Waals surface area contributed by atoms with E-state index in [1.54, 1.807) is 25.2 Å². The number of carbonyl (C=O) groups is 2. The predicted octanol–water partition coefficient (Wildman–Crippen LogP) is 1.54. The van der Waals surface area contributed by atoms with Gasteiger partial charge in [-0.25, -0.2) is 13.9 Å². The van der Waals surface area contributed by atoms with E-state index in [9.17, 15) is 19.2 Å². The van der Waals surface area contributed by atoms with E-state index in [4.69, 9.17) is 0 Å². The molecule has 2 amide bonds. The summed E-state index contributed by atoms with van der Waals surface area (Å²) >= 11 is 0. The van der Waals surface area contributed by atoms with Crippen LogP contribution in [0.2, 0.25) is 0 Å². The van der Waals surface area contributed by atoms with Crippen molar-refractivity contribution >= 4 is 34.2 Å². The third-order valence-electron chi connectivity index (χ3n) is 5.95. The zero-order chi connectivity index (χ0) is 24.6. The van der Waals surface area contributed by atoms with Crippen molar-refractivity contribution in [2.75, 3.05) is 11.9 Å². The van der Waals surface area contributed by atoms with Gasteiger partial charge in [-0.1, -0.05) is 25.1 Å². The number of amides is 2. The second-order valence-electron chi connectivity index (χ2n) is 8.24. The monoisotopic (exact) mass is 462 g/mol. The Morgan fingerprint density at radius 1 is 1.12 bits per heavy atom. The minimum Gasteiger partial charge on any atom is -0.350 e. The van der Waals surface area contributed by atoms with Gasteiger partial charge >= 0.3 is 5.69 Å². The van der Waals surface area contributed by atoms with Crippen LogP contribution in [0.3, 0.4) is 0 Å². The zero-order valence-electron chi connectivity index (χ0n) is 19.5. The van der Waals surface area contributed by atoms with Crippen LogP contribution in [0.25, 0.3) is 16.7 Å². The maximum absolute atomic E-state index is 13.3. The second kappa shape index (κ2) is 8.97. The van der Waals surface area contributed by atoms with Crippen LogP contribution in [0, 0.1) is 0 Å². The van der Waals surface area contributed by atoms with Crippen LogP contribution in [0.15, 0.2) is 58.1 Å². The van der Waals surface area contributed by atoms with E-state index in [-0.39, 0.29) is 46.6 Å². The van der Waals surface area contributed by atoms with Crippen molar-refractivity contribution in [3.05, 3.63) is 74.9 Å². The third kappa shape index (κ3) is 3.98. The largest absolute Gasteiger partial charge is 0.352 e. The Morgan fingerprint density at radius 2 is 1.82 bits per heavy atom. The molecular formula is C24H26N6O4. The Hall–Kier alpha value is -4.21. The van der Waals surface area contributed by atoms with Crippen molar-refractivity contribution < 1.29 is 9.59 Å². The van der Waals surface area contributed by atoms with Crippen LogP contribution in [0.4, 0.5) is 5.69 Å². The van der Waals surface area contributed by atoms with Crippen LogP contribution in [-0.2, 0) is 18.4 Å². The van der Waals surface area contributed by atoms with Crippen molar-refractivity contribution in [3.63, 3.8) is 0 Å². The van der Waals surface area contributed by atoms with Crippen molar-refractivity contribution in [3.8, 4) is 0 Å². The van der Waals surface area contributed by atoms with Gasteiger partial charge in [-0.15, -0.1) is 5.10 Å². The van der Waals surface area contributed by atoms with Gasteiger partial charge in [0.1, 0.15) is 6.54 Å². The van der Waals surface area contributed by atoms with E-state index >= 15 is 0 Å². The maximum atomic E-state index is 13.3. The standard InChI is InChI=1S/C24H26N6O4/c1-5-15(2)25-21(32)16-11-12-18-19(13-16)30-23(28(4)22(18)33)26-29(24(30)34)14-20(31)27(3)17-9-7-6-8-10-17/h6-13,15H,5,14H2,1-4H3,(H,25,32). The molecule has 2 heterocycles. The number of likely N-dealkylation sites (N-methyl/N-ethyl adjacent to an activating group) is 1. The van der Waals surface area contributed by atoms with Gasteiger partial charge < -0.3 is 10.2 Å². The normalized spacial score (nSPS) is 12.1. The average Bonchev–Trinajstić information content (AvgIpc) is 3.17. The molecule has 0 aliphatic carbocycles. The van der Waals surface area contributed by atoms with E-state index < -0.39 is 5.69 Å². The Kier molecular flexibility index (Phi) is 6.06. The molecule has 4 aromatic rings. The highest BCUT2D eigenvalue weighted by molar-refractivity contribution is 5.98. The molecule has 0 aliphatic heterocycles. The number of nitrogens with zero attached hydrogens (tertiary/aromatic N) is 5. The number of aromatic nitrogens is 4. The quantitative estimate of drug-likeness (QED) is 0.467. The number of benzene rings is 2. The SMILES string of the molecule is CCC(C)NC(=O)c1ccc2c(=O)n(C)c3nn(CC(=O)N(C)c4ccccc4)c(=O)n3c2c1. The predicted molar refractivity (Wildman–Crippen MR) is 129 cm³/mol. The highest BCUT2D eigenvalue weighted by Crippen LogP contribution is 2.15. The van der Waals surface area contributed by atoms with Crippen LogP contribution in [-0.4, -0.2) is 43.7 Å². The number of anilines is 1. The first-order chi connectivity index (χ1) is 16.2. The summed E-state index contributed by atoms with van der Waals surface area (Å²) < 4.78 is 3.54. The van der Waals surface area contributed by atoms with Gasteiger partial charge in [0.15, 0.2) is 0 Å². The van der Waals surface area contributed by atoms with Crippen molar-refractivity contribution in [2.45, 2.75) is 32.9 Å². The second-order valence-corrected chi connectivity index (χ2v) is 8.24. The van der Waals surface area contributed by atoms with Gasteiger partial charge in [0.05, 0.1) is 10.9 Å². The summed E-state index contributed by atoms with van der Waals surface area (Å²) in [6.45, 7) is 3.55. The molecule has 10 nitrogen and oxygen atoms in total. The summed E-state index contributed by atoms with van der Waals surface area (Å²) in [7, 11) is 3.13. The molecule has 176 valence electrons. The lowest BCUT2D eigenvalue weighted by Gasteiger charge is -2.16. The molecule has 4 rings (SSSR count). The zero-order valence-corrected chi connectivity index (χ0v) is 19.5. The molecule has 10 heteroatoms. The smallest absolute Gasteiger partial charge is 0.350 e. The number of nitrogens with one attached hydrogen (secondary N) is 1. The Bertz CT molecular complexity index is 1520. The minimum atomic E-state index is -0.579. The maximum Gasteiger partial charge on any atom is 0.352 e. The highest BCUT2D eigenvalue weighted by atomic mass is 16.2. The molecule has 0 saturated heterocycles. The lowest BCUT2D eigenvalue weighted by atomic mass is 10.1. The topological polar surface area (TPSA) is 111 Å². The van der Waals surface area contributed by atoms with Gasteiger partial charge in [-0.3, -0.25) is 19.0 Å². The number of carbonyl (C=O) groups excluding carboxylic acids is 2. The number of hydrogen-bond donors (Lipinski definition) is 1. The molecule has 2 aromatic heterocycles. The number of fused-ring (bicyclic) bond motifs is 3. The highest BCUT2D eigenvalue weighted by Gasteiger charge is 2.20. The molecule has 0 spiro atoms. The molecule has 34 heavy (non-hydrogen) atoms. The molecule has 0 fully saturated rings. The first-order valence-electron chi connectivity index (χ1n) is 11.0. The molecule has 0 aliphatic rings. The molecule has 2 aromatic carbocycles. The molecule has 0 radical (unpaired) electrons. The third-order valence-corrected chi connectivity index (χ3v) is 5.95. The summed E-state index contributed by atoms with van der Waals surface area (Å²) in [6.07, 6.45) is 0.766. The van der Waals surface area contributed by atoms with E-state index in [0.717, 1.165) is 11.1 Å². The summed E-state index contributed by atoms with van der Waals surface area (Å²) in [6, 6.07) is 13.6. The number of aryl methyl sites for hydroxylation is 1. The van der Waals surface area contributed by atoms with E-state index in [1.807, 2.05) is 32.0 Å². The average molecular weight is 463 g/mol. The fraction of sp³-hybridized carbons (Fsp3) is 0.292. The van der Waals surface area contributed by atoms with Crippen molar-refractivity contribution in [2.24, 2.45) is 7.05 Å². The fourth-order valence-electron chi connectivity index (χ4n) is 3.68. The lowest BCUT2D eigenvalue weighted by molar-refractivity contribution is -0.119. The fourth-order valence-corrected chi connectivity index (χ4v) is 3.68. The summed E-state index contributed by atoms with van der Waals surface area (Å²) in [5.74, 6) is -0.568.